The van der Waals surface area contributed by atoms with Gasteiger partial charge in [-0.2, -0.15) is 0 Å². The molecule has 0 bridgehead atoms. The summed E-state index contributed by atoms with van der Waals surface area (Å²) < 4.78 is 0. The first-order valence-electron chi connectivity index (χ1n) is 7.90. The first kappa shape index (κ1) is 14.4. The molecule has 0 aliphatic carbocycles. The Morgan fingerprint density at radius 1 is 1.30 bits per heavy atom. The quantitative estimate of drug-likeness (QED) is 0.749. The molecule has 1 aliphatic rings. The van der Waals surface area contributed by atoms with E-state index in [-0.39, 0.29) is 11.9 Å². The number of benzene rings is 1. The smallest absolute Gasteiger partial charge is 0.227 e. The Morgan fingerprint density at radius 3 is 3.04 bits per heavy atom. The molecule has 0 radical (unpaired) electrons. The minimum absolute atomic E-state index is 0.178. The molecule has 4 nitrogen and oxygen atoms in total. The highest BCUT2D eigenvalue weighted by atomic mass is 35.5. The molecule has 1 amide bonds. The van der Waals surface area contributed by atoms with Crippen molar-refractivity contribution >= 4 is 28.4 Å². The molecule has 118 valence electrons. The maximum atomic E-state index is 12.8. The van der Waals surface area contributed by atoms with Crippen LogP contribution >= 0.6 is 11.6 Å². The molecule has 0 unspecified atom stereocenters. The third kappa shape index (κ3) is 2.63. The molecule has 1 atom stereocenters. The molecule has 2 N–H and O–H groups in total. The van der Waals surface area contributed by atoms with Crippen molar-refractivity contribution in [3.63, 3.8) is 0 Å². The number of halogens is 1. The summed E-state index contributed by atoms with van der Waals surface area (Å²) in [5, 5.41) is 1.77. The van der Waals surface area contributed by atoms with E-state index in [0.29, 0.717) is 11.4 Å². The minimum atomic E-state index is 0.178. The van der Waals surface area contributed by atoms with Gasteiger partial charge in [-0.05, 0) is 42.7 Å². The zero-order chi connectivity index (χ0) is 15.8. The number of carbonyl (C=O) groups excluding carboxylic acids is 1. The maximum Gasteiger partial charge on any atom is 0.227 e. The van der Waals surface area contributed by atoms with Gasteiger partial charge in [0.1, 0.15) is 0 Å². The number of amides is 1. The first-order chi connectivity index (χ1) is 11.2. The molecular weight excluding hydrogens is 310 g/mol. The van der Waals surface area contributed by atoms with Crippen LogP contribution in [0.1, 0.15) is 30.1 Å². The molecule has 5 heteroatoms. The predicted molar refractivity (Wildman–Crippen MR) is 91.5 cm³/mol. The summed E-state index contributed by atoms with van der Waals surface area (Å²) in [5.74, 6) is 0.179. The van der Waals surface area contributed by atoms with Crippen molar-refractivity contribution in [3.8, 4) is 0 Å². The Labute approximate surface area is 139 Å². The topological polar surface area (TPSA) is 51.9 Å². The zero-order valence-electron chi connectivity index (χ0n) is 12.7. The summed E-state index contributed by atoms with van der Waals surface area (Å²) in [6.45, 7) is 0.830. The highest BCUT2D eigenvalue weighted by Crippen LogP contribution is 2.32. The first-order valence-corrected chi connectivity index (χ1v) is 8.28. The Morgan fingerprint density at radius 2 is 2.22 bits per heavy atom. The van der Waals surface area contributed by atoms with E-state index in [1.165, 1.54) is 0 Å². The number of hydrogen-bond donors (Lipinski definition) is 2. The van der Waals surface area contributed by atoms with E-state index in [1.54, 1.807) is 0 Å². The number of aromatic nitrogens is 2. The van der Waals surface area contributed by atoms with Crippen molar-refractivity contribution in [3.05, 3.63) is 59.0 Å². The summed E-state index contributed by atoms with van der Waals surface area (Å²) in [5.41, 5.74) is 3.13. The molecule has 1 fully saturated rings. The van der Waals surface area contributed by atoms with E-state index in [4.69, 9.17) is 11.6 Å². The van der Waals surface area contributed by atoms with Crippen molar-refractivity contribution in [2.75, 3.05) is 6.54 Å². The monoisotopic (exact) mass is 327 g/mol. The van der Waals surface area contributed by atoms with Crippen molar-refractivity contribution < 1.29 is 4.79 Å². The number of hydrogen-bond acceptors (Lipinski definition) is 1. The number of nitrogens with one attached hydrogen (secondary N) is 2. The van der Waals surface area contributed by atoms with Gasteiger partial charge in [0.2, 0.25) is 5.91 Å². The number of fused-ring (bicyclic) bond motifs is 1. The van der Waals surface area contributed by atoms with Gasteiger partial charge in [0.25, 0.3) is 0 Å². The lowest BCUT2D eigenvalue weighted by molar-refractivity contribution is -0.131. The van der Waals surface area contributed by atoms with Crippen LogP contribution in [-0.2, 0) is 11.2 Å². The van der Waals surface area contributed by atoms with E-state index >= 15 is 0 Å². The van der Waals surface area contributed by atoms with Crippen LogP contribution < -0.4 is 0 Å². The summed E-state index contributed by atoms with van der Waals surface area (Å²) in [4.78, 5) is 21.2. The summed E-state index contributed by atoms with van der Waals surface area (Å²) in [6, 6.07) is 9.95. The second-order valence-corrected chi connectivity index (χ2v) is 6.49. The molecule has 1 saturated heterocycles. The van der Waals surface area contributed by atoms with Gasteiger partial charge in [-0.3, -0.25) is 4.79 Å². The second-order valence-electron chi connectivity index (χ2n) is 6.05. The SMILES string of the molecule is O=C(Cc1c[nH]c2cc(Cl)ccc12)N1CCC[C@H]1c1ccc[nH]1. The lowest BCUT2D eigenvalue weighted by Crippen LogP contribution is -2.31. The van der Waals surface area contributed by atoms with Crippen LogP contribution in [0, 0.1) is 0 Å². The van der Waals surface area contributed by atoms with Crippen LogP contribution in [-0.4, -0.2) is 27.3 Å². The van der Waals surface area contributed by atoms with Crippen LogP contribution in [0.15, 0.2) is 42.7 Å². The van der Waals surface area contributed by atoms with Crippen LogP contribution in [0.3, 0.4) is 0 Å². The number of likely N-dealkylation sites (tertiary alicyclic amines) is 1. The molecule has 0 saturated carbocycles. The standard InChI is InChI=1S/C18H18ClN3O/c19-13-5-6-14-12(11-21-16(14)10-13)9-18(23)22-8-2-4-17(22)15-3-1-7-20-15/h1,3,5-7,10-11,17,20-21H,2,4,8-9H2/t17-/m0/s1. The largest absolute Gasteiger partial charge is 0.363 e. The van der Waals surface area contributed by atoms with Gasteiger partial charge in [-0.25, -0.2) is 0 Å². The van der Waals surface area contributed by atoms with E-state index in [1.807, 2.05) is 41.6 Å². The van der Waals surface area contributed by atoms with Crippen LogP contribution in [0.2, 0.25) is 5.02 Å². The maximum absolute atomic E-state index is 12.8. The van der Waals surface area contributed by atoms with E-state index in [0.717, 1.165) is 41.5 Å². The molecule has 3 heterocycles. The fraction of sp³-hybridized carbons (Fsp3) is 0.278. The Hall–Kier alpha value is -2.20. The van der Waals surface area contributed by atoms with Gasteiger partial charge < -0.3 is 14.9 Å². The third-order valence-corrected chi connectivity index (χ3v) is 4.86. The number of nitrogens with zero attached hydrogens (tertiary/aromatic N) is 1. The molecule has 23 heavy (non-hydrogen) atoms. The molecule has 4 rings (SSSR count). The highest BCUT2D eigenvalue weighted by molar-refractivity contribution is 6.31. The number of carbonyl (C=O) groups is 1. The minimum Gasteiger partial charge on any atom is -0.363 e. The Kier molecular flexibility index (Phi) is 3.62. The lowest BCUT2D eigenvalue weighted by Gasteiger charge is -2.24. The second kappa shape index (κ2) is 5.78. The van der Waals surface area contributed by atoms with Gasteiger partial charge in [-0.15, -0.1) is 0 Å². The molecular formula is C18H18ClN3O. The average Bonchev–Trinajstić information content (AvgIpc) is 3.27. The predicted octanol–water partition coefficient (Wildman–Crippen LogP) is 4.06. The van der Waals surface area contributed by atoms with Gasteiger partial charge in [0.05, 0.1) is 12.5 Å². The Bertz CT molecular complexity index is 837. The lowest BCUT2D eigenvalue weighted by atomic mass is 10.1. The Balaban J connectivity index is 1.57. The fourth-order valence-electron chi connectivity index (χ4n) is 3.51. The molecule has 0 spiro atoms. The summed E-state index contributed by atoms with van der Waals surface area (Å²) >= 11 is 6.01. The molecule has 1 aromatic carbocycles. The van der Waals surface area contributed by atoms with E-state index < -0.39 is 0 Å². The summed E-state index contributed by atoms with van der Waals surface area (Å²) in [6.07, 6.45) is 6.33. The van der Waals surface area contributed by atoms with E-state index in [9.17, 15) is 4.79 Å². The highest BCUT2D eigenvalue weighted by Gasteiger charge is 2.30. The number of rotatable bonds is 3. The van der Waals surface area contributed by atoms with Crippen LogP contribution in [0.4, 0.5) is 0 Å². The third-order valence-electron chi connectivity index (χ3n) is 4.63. The van der Waals surface area contributed by atoms with Crippen LogP contribution in [0.25, 0.3) is 10.9 Å². The zero-order valence-corrected chi connectivity index (χ0v) is 13.4. The summed E-state index contributed by atoms with van der Waals surface area (Å²) in [7, 11) is 0. The van der Waals surface area contributed by atoms with Crippen molar-refractivity contribution in [1.82, 2.24) is 14.9 Å². The van der Waals surface area contributed by atoms with Crippen molar-refractivity contribution in [1.29, 1.82) is 0 Å². The molecule has 2 aromatic heterocycles. The molecule has 1 aliphatic heterocycles. The van der Waals surface area contributed by atoms with Gasteiger partial charge in [0.15, 0.2) is 0 Å². The average molecular weight is 328 g/mol. The molecule has 3 aromatic rings. The van der Waals surface area contributed by atoms with E-state index in [2.05, 4.69) is 16.0 Å². The van der Waals surface area contributed by atoms with Gasteiger partial charge >= 0.3 is 0 Å². The van der Waals surface area contributed by atoms with Crippen molar-refractivity contribution in [2.24, 2.45) is 0 Å². The van der Waals surface area contributed by atoms with Gasteiger partial charge in [0, 0.05) is 40.6 Å². The fourth-order valence-corrected chi connectivity index (χ4v) is 3.68. The van der Waals surface area contributed by atoms with Gasteiger partial charge in [-0.1, -0.05) is 17.7 Å². The van der Waals surface area contributed by atoms with Crippen LogP contribution in [0.5, 0.6) is 0 Å². The van der Waals surface area contributed by atoms with Crippen molar-refractivity contribution in [2.45, 2.75) is 25.3 Å². The normalized spacial score (nSPS) is 18.0. The number of aromatic amines is 2. The number of H-pyrrole nitrogens is 2.